The molecule has 24 heavy (non-hydrogen) atoms. The van der Waals surface area contributed by atoms with Crippen molar-refractivity contribution in [2.24, 2.45) is 0 Å². The minimum Gasteiger partial charge on any atom is -0.335 e. The molecule has 0 aliphatic carbocycles. The summed E-state index contributed by atoms with van der Waals surface area (Å²) in [5.41, 5.74) is 3.47. The monoisotopic (exact) mass is 322 g/mol. The second kappa shape index (κ2) is 6.87. The molecule has 2 aromatic carbocycles. The van der Waals surface area contributed by atoms with E-state index in [0.717, 1.165) is 22.3 Å². The molecule has 0 unspecified atom stereocenters. The van der Waals surface area contributed by atoms with Crippen molar-refractivity contribution in [1.29, 1.82) is 0 Å². The van der Waals surface area contributed by atoms with Crippen molar-refractivity contribution in [2.75, 3.05) is 26.2 Å². The van der Waals surface area contributed by atoms with Crippen molar-refractivity contribution in [3.05, 3.63) is 70.8 Å². The number of nitrogens with zero attached hydrogens (tertiary/aromatic N) is 2. The number of carbonyl (C=O) groups excluding carboxylic acids is 2. The van der Waals surface area contributed by atoms with E-state index >= 15 is 0 Å². The van der Waals surface area contributed by atoms with Gasteiger partial charge in [-0.2, -0.15) is 0 Å². The highest BCUT2D eigenvalue weighted by Gasteiger charge is 2.26. The van der Waals surface area contributed by atoms with Crippen molar-refractivity contribution in [2.45, 2.75) is 13.8 Å². The first-order chi connectivity index (χ1) is 11.6. The lowest BCUT2D eigenvalue weighted by atomic mass is 10.1. The van der Waals surface area contributed by atoms with E-state index in [0.29, 0.717) is 26.2 Å². The van der Waals surface area contributed by atoms with E-state index < -0.39 is 0 Å². The highest BCUT2D eigenvalue weighted by Crippen LogP contribution is 2.15. The fraction of sp³-hybridized carbons (Fsp3) is 0.300. The molecule has 0 radical (unpaired) electrons. The van der Waals surface area contributed by atoms with Gasteiger partial charge in [-0.25, -0.2) is 0 Å². The maximum absolute atomic E-state index is 12.6. The van der Waals surface area contributed by atoms with Gasteiger partial charge >= 0.3 is 0 Å². The average Bonchev–Trinajstić information content (AvgIpc) is 2.61. The second-order valence-electron chi connectivity index (χ2n) is 6.21. The SMILES string of the molecule is Cc1ccccc1C(=O)N1CCN(C(=O)c2ccccc2C)CC1. The van der Waals surface area contributed by atoms with Gasteiger partial charge in [0.05, 0.1) is 0 Å². The van der Waals surface area contributed by atoms with Crippen LogP contribution >= 0.6 is 0 Å². The third-order valence-electron chi connectivity index (χ3n) is 4.61. The molecule has 0 atom stereocenters. The van der Waals surface area contributed by atoms with Crippen LogP contribution in [0, 0.1) is 13.8 Å². The molecule has 0 spiro atoms. The Morgan fingerprint density at radius 1 is 0.667 bits per heavy atom. The largest absolute Gasteiger partial charge is 0.335 e. The number of benzene rings is 2. The van der Waals surface area contributed by atoms with E-state index in [1.807, 2.05) is 72.2 Å². The molecule has 1 aliphatic rings. The molecule has 1 fully saturated rings. The second-order valence-corrected chi connectivity index (χ2v) is 6.21. The van der Waals surface area contributed by atoms with Crippen molar-refractivity contribution in [3.63, 3.8) is 0 Å². The first-order valence-corrected chi connectivity index (χ1v) is 8.28. The van der Waals surface area contributed by atoms with Crippen LogP contribution in [0.25, 0.3) is 0 Å². The number of amides is 2. The standard InChI is InChI=1S/C20H22N2O2/c1-15-7-3-5-9-17(15)19(23)21-11-13-22(14-12-21)20(24)18-10-6-4-8-16(18)2/h3-10H,11-14H2,1-2H3. The smallest absolute Gasteiger partial charge is 0.254 e. The van der Waals surface area contributed by atoms with E-state index in [-0.39, 0.29) is 11.8 Å². The Morgan fingerprint density at radius 2 is 1.00 bits per heavy atom. The molecule has 1 saturated heterocycles. The van der Waals surface area contributed by atoms with Crippen LogP contribution in [0.3, 0.4) is 0 Å². The van der Waals surface area contributed by atoms with Gasteiger partial charge in [-0.15, -0.1) is 0 Å². The maximum atomic E-state index is 12.6. The Kier molecular flexibility index (Phi) is 4.65. The van der Waals surface area contributed by atoms with E-state index in [9.17, 15) is 9.59 Å². The molecule has 124 valence electrons. The lowest BCUT2D eigenvalue weighted by Crippen LogP contribution is -2.50. The van der Waals surface area contributed by atoms with Crippen LogP contribution in [0.5, 0.6) is 0 Å². The van der Waals surface area contributed by atoms with Gasteiger partial charge in [-0.1, -0.05) is 36.4 Å². The summed E-state index contributed by atoms with van der Waals surface area (Å²) in [4.78, 5) is 29.0. The van der Waals surface area contributed by atoms with Crippen LogP contribution in [-0.4, -0.2) is 47.8 Å². The van der Waals surface area contributed by atoms with Gasteiger partial charge in [0.1, 0.15) is 0 Å². The Balaban J connectivity index is 1.66. The number of aryl methyl sites for hydroxylation is 2. The molecule has 0 aromatic heterocycles. The van der Waals surface area contributed by atoms with E-state index in [1.54, 1.807) is 0 Å². The first kappa shape index (κ1) is 16.2. The van der Waals surface area contributed by atoms with Gasteiger partial charge in [0, 0.05) is 37.3 Å². The summed E-state index contributed by atoms with van der Waals surface area (Å²) < 4.78 is 0. The quantitative estimate of drug-likeness (QED) is 0.853. The van der Waals surface area contributed by atoms with Gasteiger partial charge in [0.15, 0.2) is 0 Å². The molecule has 1 heterocycles. The molecule has 2 aromatic rings. The van der Waals surface area contributed by atoms with Crippen molar-refractivity contribution < 1.29 is 9.59 Å². The molecule has 4 heteroatoms. The predicted molar refractivity (Wildman–Crippen MR) is 94.2 cm³/mol. The zero-order valence-corrected chi connectivity index (χ0v) is 14.2. The summed E-state index contributed by atoms with van der Waals surface area (Å²) in [7, 11) is 0. The fourth-order valence-corrected chi connectivity index (χ4v) is 3.08. The number of rotatable bonds is 2. The van der Waals surface area contributed by atoms with E-state index in [2.05, 4.69) is 0 Å². The zero-order chi connectivity index (χ0) is 17.1. The fourth-order valence-electron chi connectivity index (χ4n) is 3.08. The average molecular weight is 322 g/mol. The highest BCUT2D eigenvalue weighted by atomic mass is 16.2. The highest BCUT2D eigenvalue weighted by molar-refractivity contribution is 5.97. The van der Waals surface area contributed by atoms with Gasteiger partial charge in [0.25, 0.3) is 11.8 Å². The lowest BCUT2D eigenvalue weighted by Gasteiger charge is -2.35. The number of carbonyl (C=O) groups is 2. The van der Waals surface area contributed by atoms with Gasteiger partial charge in [-0.05, 0) is 37.1 Å². The minimum absolute atomic E-state index is 0.0519. The summed E-state index contributed by atoms with van der Waals surface area (Å²) in [6.45, 7) is 6.20. The van der Waals surface area contributed by atoms with Crippen LogP contribution in [0.1, 0.15) is 31.8 Å². The normalized spacial score (nSPS) is 14.6. The van der Waals surface area contributed by atoms with Crippen molar-refractivity contribution >= 4 is 11.8 Å². The van der Waals surface area contributed by atoms with Gasteiger partial charge in [0.2, 0.25) is 0 Å². The van der Waals surface area contributed by atoms with Crippen LogP contribution in [-0.2, 0) is 0 Å². The van der Waals surface area contributed by atoms with Crippen LogP contribution in [0.4, 0.5) is 0 Å². The molecule has 0 bridgehead atoms. The first-order valence-electron chi connectivity index (χ1n) is 8.28. The topological polar surface area (TPSA) is 40.6 Å². The number of piperazine rings is 1. The summed E-state index contributed by atoms with van der Waals surface area (Å²) in [6.07, 6.45) is 0. The van der Waals surface area contributed by atoms with E-state index in [1.165, 1.54) is 0 Å². The molecule has 3 rings (SSSR count). The Labute approximate surface area is 142 Å². The predicted octanol–water partition coefficient (Wildman–Crippen LogP) is 2.90. The Bertz CT molecular complexity index is 696. The minimum atomic E-state index is 0.0519. The van der Waals surface area contributed by atoms with Crippen LogP contribution < -0.4 is 0 Å². The zero-order valence-electron chi connectivity index (χ0n) is 14.2. The summed E-state index contributed by atoms with van der Waals surface area (Å²) in [6, 6.07) is 15.3. The van der Waals surface area contributed by atoms with Crippen molar-refractivity contribution in [3.8, 4) is 0 Å². The Morgan fingerprint density at radius 3 is 1.33 bits per heavy atom. The Hall–Kier alpha value is -2.62. The van der Waals surface area contributed by atoms with Gasteiger partial charge < -0.3 is 9.80 Å². The third-order valence-corrected chi connectivity index (χ3v) is 4.61. The maximum Gasteiger partial charge on any atom is 0.254 e. The molecule has 0 saturated carbocycles. The molecular weight excluding hydrogens is 300 g/mol. The van der Waals surface area contributed by atoms with Crippen molar-refractivity contribution in [1.82, 2.24) is 9.80 Å². The molecule has 4 nitrogen and oxygen atoms in total. The van der Waals surface area contributed by atoms with E-state index in [4.69, 9.17) is 0 Å². The van der Waals surface area contributed by atoms with Crippen LogP contribution in [0.15, 0.2) is 48.5 Å². The molecule has 1 aliphatic heterocycles. The summed E-state index contributed by atoms with van der Waals surface area (Å²) >= 11 is 0. The molecular formula is C20H22N2O2. The number of hydrogen-bond donors (Lipinski definition) is 0. The number of hydrogen-bond acceptors (Lipinski definition) is 2. The summed E-state index contributed by atoms with van der Waals surface area (Å²) in [5.74, 6) is 0.104. The molecule has 2 amide bonds. The van der Waals surface area contributed by atoms with Gasteiger partial charge in [-0.3, -0.25) is 9.59 Å². The van der Waals surface area contributed by atoms with Crippen LogP contribution in [0.2, 0.25) is 0 Å². The summed E-state index contributed by atoms with van der Waals surface area (Å²) in [5, 5.41) is 0. The lowest BCUT2D eigenvalue weighted by molar-refractivity contribution is 0.0534. The third kappa shape index (κ3) is 3.18. The molecule has 0 N–H and O–H groups in total.